The molecule has 0 saturated carbocycles. The first kappa shape index (κ1) is 14.7. The van der Waals surface area contributed by atoms with Crippen molar-refractivity contribution >= 4 is 33.4 Å². The average Bonchev–Trinajstić information content (AvgIpc) is 2.56. The number of aliphatic imine (C=N–C) groups is 1. The van der Waals surface area contributed by atoms with E-state index in [1.165, 1.54) is 5.22 Å². The van der Waals surface area contributed by atoms with Crippen molar-refractivity contribution in [3.63, 3.8) is 0 Å². The lowest BCUT2D eigenvalue weighted by Crippen LogP contribution is -2.26. The first-order valence-electron chi connectivity index (χ1n) is 7.20. The fourth-order valence-electron chi connectivity index (χ4n) is 2.49. The molecule has 1 nitrogen and oxygen atoms in total. The quantitative estimate of drug-likeness (QED) is 0.777. The molecule has 0 N–H and O–H groups in total. The highest BCUT2D eigenvalue weighted by Gasteiger charge is 2.07. The van der Waals surface area contributed by atoms with Crippen LogP contribution in [0.3, 0.4) is 0 Å². The van der Waals surface area contributed by atoms with Crippen LogP contribution < -0.4 is 10.4 Å². The van der Waals surface area contributed by atoms with Crippen LogP contribution in [0.15, 0.2) is 82.8 Å². The maximum absolute atomic E-state index is 4.87. The van der Waals surface area contributed by atoms with Gasteiger partial charge in [-0.2, -0.15) is 0 Å². The Morgan fingerprint density at radius 3 is 2.59 bits per heavy atom. The third-order valence-corrected chi connectivity index (χ3v) is 4.08. The summed E-state index contributed by atoms with van der Waals surface area (Å²) in [6.07, 6.45) is 8.95. The van der Waals surface area contributed by atoms with Gasteiger partial charge in [0.05, 0.1) is 11.4 Å². The Kier molecular flexibility index (Phi) is 4.50. The van der Waals surface area contributed by atoms with Crippen molar-refractivity contribution in [2.24, 2.45) is 4.99 Å². The Morgan fingerprint density at radius 1 is 1.05 bits per heavy atom. The second-order valence-corrected chi connectivity index (χ2v) is 5.96. The van der Waals surface area contributed by atoms with Gasteiger partial charge in [-0.3, -0.25) is 4.99 Å². The summed E-state index contributed by atoms with van der Waals surface area (Å²) in [6.45, 7) is 3.79. The van der Waals surface area contributed by atoms with Gasteiger partial charge in [-0.25, -0.2) is 0 Å². The number of hydrogen-bond donors (Lipinski definition) is 0. The molecule has 22 heavy (non-hydrogen) atoms. The van der Waals surface area contributed by atoms with Crippen molar-refractivity contribution in [1.82, 2.24) is 0 Å². The molecule has 2 aromatic rings. The van der Waals surface area contributed by atoms with Gasteiger partial charge >= 0.3 is 0 Å². The number of allylic oxidation sites excluding steroid dienone is 2. The summed E-state index contributed by atoms with van der Waals surface area (Å²) < 4.78 is 1.08. The fraction of sp³-hybridized carbons (Fsp3) is 0.0500. The Morgan fingerprint density at radius 2 is 1.82 bits per heavy atom. The van der Waals surface area contributed by atoms with Crippen molar-refractivity contribution in [1.29, 1.82) is 0 Å². The van der Waals surface area contributed by atoms with Gasteiger partial charge in [0.15, 0.2) is 0 Å². The molecule has 0 atom stereocenters. The minimum atomic E-state index is 0.849. The van der Waals surface area contributed by atoms with Gasteiger partial charge in [0.1, 0.15) is 0 Å². The van der Waals surface area contributed by atoms with E-state index in [9.17, 15) is 0 Å². The highest BCUT2D eigenvalue weighted by atomic mass is 79.9. The second kappa shape index (κ2) is 6.71. The van der Waals surface area contributed by atoms with Crippen LogP contribution >= 0.6 is 15.9 Å². The highest BCUT2D eigenvalue weighted by Crippen LogP contribution is 2.17. The zero-order valence-corrected chi connectivity index (χ0v) is 13.8. The molecule has 0 amide bonds. The van der Waals surface area contributed by atoms with Crippen molar-refractivity contribution in [3.05, 3.63) is 93.8 Å². The predicted octanol–water partition coefficient (Wildman–Crippen LogP) is 3.97. The van der Waals surface area contributed by atoms with Crippen LogP contribution in [0, 0.1) is 0 Å². The van der Waals surface area contributed by atoms with Gasteiger partial charge in [0.25, 0.3) is 0 Å². The van der Waals surface area contributed by atoms with E-state index >= 15 is 0 Å². The van der Waals surface area contributed by atoms with Gasteiger partial charge in [-0.05, 0) is 23.4 Å². The normalized spacial score (nSPS) is 17.3. The third-order valence-electron chi connectivity index (χ3n) is 3.55. The van der Waals surface area contributed by atoms with E-state index in [0.717, 1.165) is 33.1 Å². The van der Waals surface area contributed by atoms with Crippen molar-refractivity contribution < 1.29 is 0 Å². The molecule has 1 aliphatic heterocycles. The maximum atomic E-state index is 4.87. The molecule has 1 aliphatic rings. The number of halogens is 1. The van der Waals surface area contributed by atoms with Crippen LogP contribution in [-0.4, -0.2) is 5.71 Å². The lowest BCUT2D eigenvalue weighted by atomic mass is 10.0. The van der Waals surface area contributed by atoms with Crippen LogP contribution in [-0.2, 0) is 0 Å². The lowest BCUT2D eigenvalue weighted by Gasteiger charge is -2.10. The first-order valence-corrected chi connectivity index (χ1v) is 7.99. The lowest BCUT2D eigenvalue weighted by molar-refractivity contribution is 1.26. The fourth-order valence-corrected chi connectivity index (χ4v) is 2.76. The van der Waals surface area contributed by atoms with Gasteiger partial charge in [0.2, 0.25) is 0 Å². The molecule has 0 fully saturated rings. The number of dihydropyridines is 1. The second-order valence-electron chi connectivity index (χ2n) is 5.05. The average molecular weight is 350 g/mol. The molecule has 2 aromatic carbocycles. The van der Waals surface area contributed by atoms with Crippen LogP contribution in [0.25, 0.3) is 11.8 Å². The van der Waals surface area contributed by atoms with Crippen molar-refractivity contribution in [2.45, 2.75) is 6.42 Å². The molecular formula is C20H16BrN. The third kappa shape index (κ3) is 3.18. The zero-order chi connectivity index (χ0) is 15.4. The van der Waals surface area contributed by atoms with Crippen molar-refractivity contribution in [2.75, 3.05) is 0 Å². The highest BCUT2D eigenvalue weighted by molar-refractivity contribution is 9.10. The summed E-state index contributed by atoms with van der Waals surface area (Å²) in [5, 5.41) is 2.32. The van der Waals surface area contributed by atoms with Crippen LogP contribution in [0.2, 0.25) is 0 Å². The molecule has 3 rings (SSSR count). The van der Waals surface area contributed by atoms with Gasteiger partial charge in [0, 0.05) is 21.7 Å². The number of benzene rings is 2. The zero-order valence-electron chi connectivity index (χ0n) is 12.2. The Hall–Kier alpha value is -2.19. The van der Waals surface area contributed by atoms with Crippen molar-refractivity contribution in [3.8, 4) is 0 Å². The molecule has 0 aromatic heterocycles. The molecule has 2 heteroatoms. The topological polar surface area (TPSA) is 12.4 Å². The molecular weight excluding hydrogens is 334 g/mol. The van der Waals surface area contributed by atoms with Crippen LogP contribution in [0.4, 0.5) is 0 Å². The summed E-state index contributed by atoms with van der Waals surface area (Å²) in [7, 11) is 0. The first-order chi connectivity index (χ1) is 10.8. The minimum Gasteiger partial charge on any atom is -0.252 e. The molecule has 0 bridgehead atoms. The van der Waals surface area contributed by atoms with E-state index in [2.05, 4.69) is 65.0 Å². The Labute approximate surface area is 138 Å². The monoisotopic (exact) mass is 349 g/mol. The molecule has 0 radical (unpaired) electrons. The number of nitrogens with zero attached hydrogens (tertiary/aromatic N) is 1. The summed E-state index contributed by atoms with van der Waals surface area (Å²) in [4.78, 5) is 4.87. The standard InChI is InChI=1S/C20H16BrN/c1-2-6-15-7-3-4-8-18(15)20-10-5-9-19(22-20)16-11-13-17(21)14-12-16/h2-9,11-14H,1,10H2/b15-6-,20-18+. The van der Waals surface area contributed by atoms with Gasteiger partial charge in [-0.15, -0.1) is 0 Å². The summed E-state index contributed by atoms with van der Waals surface area (Å²) in [5.41, 5.74) is 3.22. The van der Waals surface area contributed by atoms with Crippen LogP contribution in [0.1, 0.15) is 12.0 Å². The minimum absolute atomic E-state index is 0.849. The van der Waals surface area contributed by atoms with E-state index < -0.39 is 0 Å². The smallest absolute Gasteiger partial charge is 0.0702 e. The largest absolute Gasteiger partial charge is 0.252 e. The number of rotatable bonds is 2. The van der Waals surface area contributed by atoms with E-state index in [4.69, 9.17) is 4.99 Å². The van der Waals surface area contributed by atoms with E-state index in [-0.39, 0.29) is 0 Å². The van der Waals surface area contributed by atoms with Gasteiger partial charge < -0.3 is 0 Å². The molecule has 0 aliphatic carbocycles. The molecule has 108 valence electrons. The van der Waals surface area contributed by atoms with E-state index in [1.54, 1.807) is 0 Å². The van der Waals surface area contributed by atoms with E-state index in [1.807, 2.05) is 30.4 Å². The summed E-state index contributed by atoms with van der Waals surface area (Å²) >= 11 is 3.47. The predicted molar refractivity (Wildman–Crippen MR) is 98.2 cm³/mol. The molecule has 1 heterocycles. The van der Waals surface area contributed by atoms with Gasteiger partial charge in [-0.1, -0.05) is 77.1 Å². The summed E-state index contributed by atoms with van der Waals surface area (Å²) in [5.74, 6) is 0. The SMILES string of the molecule is C=C/C=c1/cccc/c1=C1/CC=CC(c2ccc(Br)cc2)=N1. The Bertz CT molecular complexity index is 871. The molecule has 0 spiro atoms. The van der Waals surface area contributed by atoms with E-state index in [0.29, 0.717) is 0 Å². The number of hydrogen-bond acceptors (Lipinski definition) is 1. The maximum Gasteiger partial charge on any atom is 0.0702 e. The summed E-state index contributed by atoms with van der Waals surface area (Å²) in [6, 6.07) is 16.5. The Balaban J connectivity index is 2.16. The van der Waals surface area contributed by atoms with Crippen LogP contribution in [0.5, 0.6) is 0 Å². The molecule has 0 saturated heterocycles. The molecule has 0 unspecified atom stereocenters.